The molecule has 0 radical (unpaired) electrons. The summed E-state index contributed by atoms with van der Waals surface area (Å²) >= 11 is 1.12. The van der Waals surface area contributed by atoms with Gasteiger partial charge >= 0.3 is 5.97 Å². The lowest BCUT2D eigenvalue weighted by molar-refractivity contribution is -0.117. The predicted molar refractivity (Wildman–Crippen MR) is 72.5 cm³/mol. The topological polar surface area (TPSA) is 108 Å². The van der Waals surface area contributed by atoms with Crippen molar-refractivity contribution in [3.8, 4) is 0 Å². The van der Waals surface area contributed by atoms with Crippen LogP contribution in [0.1, 0.15) is 23.0 Å². The largest absolute Gasteiger partial charge is 0.462 e. The standard InChI is InChI=1S/C11H13N5O3S/c1-2-19-10(18)8-5-13-11(20-8)16-6-7(3-9(16)17)4-14-15-12/h5,7H,2-4,6H2,1H3. The highest BCUT2D eigenvalue weighted by Crippen LogP contribution is 2.29. The van der Waals surface area contributed by atoms with Gasteiger partial charge in [-0.15, -0.1) is 0 Å². The second-order valence-electron chi connectivity index (χ2n) is 4.22. The first kappa shape index (κ1) is 14.3. The lowest BCUT2D eigenvalue weighted by atomic mass is 10.1. The number of hydrogen-bond donors (Lipinski definition) is 0. The Morgan fingerprint density at radius 1 is 1.75 bits per heavy atom. The van der Waals surface area contributed by atoms with Crippen LogP contribution in [0.25, 0.3) is 10.4 Å². The number of azide groups is 1. The molecule has 0 bridgehead atoms. The maximum absolute atomic E-state index is 11.9. The highest BCUT2D eigenvalue weighted by atomic mass is 32.1. The zero-order valence-electron chi connectivity index (χ0n) is 10.9. The molecule has 1 amide bonds. The molecule has 1 atom stereocenters. The number of carbonyl (C=O) groups is 2. The monoisotopic (exact) mass is 295 g/mol. The molecule has 20 heavy (non-hydrogen) atoms. The first-order valence-corrected chi connectivity index (χ1v) is 6.91. The fraction of sp³-hybridized carbons (Fsp3) is 0.545. The Morgan fingerprint density at radius 2 is 2.55 bits per heavy atom. The van der Waals surface area contributed by atoms with E-state index in [1.54, 1.807) is 6.92 Å². The van der Waals surface area contributed by atoms with Crippen molar-refractivity contribution in [3.05, 3.63) is 21.5 Å². The quantitative estimate of drug-likeness (QED) is 0.358. The predicted octanol–water partition coefficient (Wildman–Crippen LogP) is 1.98. The fourth-order valence-electron chi connectivity index (χ4n) is 1.93. The van der Waals surface area contributed by atoms with Crippen LogP contribution in [0.5, 0.6) is 0 Å². The van der Waals surface area contributed by atoms with Crippen molar-refractivity contribution in [3.63, 3.8) is 0 Å². The van der Waals surface area contributed by atoms with E-state index in [-0.39, 0.29) is 18.4 Å². The van der Waals surface area contributed by atoms with E-state index in [0.717, 1.165) is 11.3 Å². The minimum atomic E-state index is -0.437. The summed E-state index contributed by atoms with van der Waals surface area (Å²) in [5.41, 5.74) is 8.29. The Hall–Kier alpha value is -2.12. The van der Waals surface area contributed by atoms with Gasteiger partial charge in [0.15, 0.2) is 5.13 Å². The number of amides is 1. The molecule has 1 aromatic rings. The number of anilines is 1. The lowest BCUT2D eigenvalue weighted by Crippen LogP contribution is -2.24. The van der Waals surface area contributed by atoms with Gasteiger partial charge in [0, 0.05) is 24.4 Å². The minimum Gasteiger partial charge on any atom is -0.462 e. The molecule has 1 saturated heterocycles. The van der Waals surface area contributed by atoms with Gasteiger partial charge < -0.3 is 4.74 Å². The van der Waals surface area contributed by atoms with E-state index in [4.69, 9.17) is 10.3 Å². The minimum absolute atomic E-state index is 0.00616. The van der Waals surface area contributed by atoms with E-state index in [2.05, 4.69) is 15.0 Å². The summed E-state index contributed by atoms with van der Waals surface area (Å²) in [7, 11) is 0. The molecule has 1 aliphatic heterocycles. The Morgan fingerprint density at radius 3 is 3.25 bits per heavy atom. The van der Waals surface area contributed by atoms with Crippen LogP contribution in [-0.4, -0.2) is 36.6 Å². The molecule has 1 aliphatic rings. The number of hydrogen-bond acceptors (Lipinski definition) is 6. The maximum Gasteiger partial charge on any atom is 0.350 e. The molecule has 1 aromatic heterocycles. The zero-order valence-corrected chi connectivity index (χ0v) is 11.7. The van der Waals surface area contributed by atoms with E-state index in [1.165, 1.54) is 11.1 Å². The highest BCUT2D eigenvalue weighted by Gasteiger charge is 2.32. The van der Waals surface area contributed by atoms with Crippen molar-refractivity contribution in [2.75, 3.05) is 24.6 Å². The molecular formula is C11H13N5O3S. The van der Waals surface area contributed by atoms with Crippen molar-refractivity contribution in [2.45, 2.75) is 13.3 Å². The van der Waals surface area contributed by atoms with Gasteiger partial charge in [-0.05, 0) is 18.4 Å². The molecule has 0 saturated carbocycles. The Labute approximate surface area is 119 Å². The molecule has 8 nitrogen and oxygen atoms in total. The van der Waals surface area contributed by atoms with Crippen molar-refractivity contribution < 1.29 is 14.3 Å². The number of aromatic nitrogens is 1. The summed E-state index contributed by atoms with van der Waals surface area (Å²) in [5, 5.41) is 3.96. The smallest absolute Gasteiger partial charge is 0.350 e. The summed E-state index contributed by atoms with van der Waals surface area (Å²) in [6.07, 6.45) is 1.74. The third-order valence-electron chi connectivity index (χ3n) is 2.81. The van der Waals surface area contributed by atoms with Crippen LogP contribution < -0.4 is 4.90 Å². The first-order valence-electron chi connectivity index (χ1n) is 6.09. The van der Waals surface area contributed by atoms with E-state index in [1.807, 2.05) is 0 Å². The molecule has 2 heterocycles. The lowest BCUT2D eigenvalue weighted by Gasteiger charge is -2.11. The van der Waals surface area contributed by atoms with Gasteiger partial charge in [0.2, 0.25) is 5.91 Å². The fourth-order valence-corrected chi connectivity index (χ4v) is 2.76. The number of rotatable bonds is 5. The van der Waals surface area contributed by atoms with Crippen molar-refractivity contribution >= 4 is 28.3 Å². The van der Waals surface area contributed by atoms with Gasteiger partial charge in [0.1, 0.15) is 4.88 Å². The van der Waals surface area contributed by atoms with Crippen LogP contribution in [0.4, 0.5) is 5.13 Å². The number of ether oxygens (including phenoxy) is 1. The SMILES string of the molecule is CCOC(=O)c1cnc(N2CC(CN=[N+]=[N-])CC2=O)s1. The molecule has 9 heteroatoms. The average Bonchev–Trinajstić information content (AvgIpc) is 3.03. The van der Waals surface area contributed by atoms with E-state index < -0.39 is 5.97 Å². The third kappa shape index (κ3) is 3.06. The number of esters is 1. The van der Waals surface area contributed by atoms with Crippen LogP contribution in [0.15, 0.2) is 11.3 Å². The number of nitrogens with zero attached hydrogens (tertiary/aromatic N) is 5. The Bertz CT molecular complexity index is 566. The molecule has 0 spiro atoms. The van der Waals surface area contributed by atoms with Crippen molar-refractivity contribution in [1.82, 2.24) is 4.98 Å². The highest BCUT2D eigenvalue weighted by molar-refractivity contribution is 7.17. The molecule has 0 N–H and O–H groups in total. The van der Waals surface area contributed by atoms with E-state index >= 15 is 0 Å². The number of carbonyl (C=O) groups excluding carboxylic acids is 2. The van der Waals surface area contributed by atoms with Crippen LogP contribution >= 0.6 is 11.3 Å². The molecule has 1 unspecified atom stereocenters. The average molecular weight is 295 g/mol. The molecule has 0 aliphatic carbocycles. The van der Waals surface area contributed by atoms with E-state index in [0.29, 0.717) is 29.6 Å². The van der Waals surface area contributed by atoms with Gasteiger partial charge in [-0.25, -0.2) is 9.78 Å². The third-order valence-corrected chi connectivity index (χ3v) is 3.81. The number of thiazole rings is 1. The van der Waals surface area contributed by atoms with Gasteiger partial charge in [-0.3, -0.25) is 9.69 Å². The second kappa shape index (κ2) is 6.36. The Kier molecular flexibility index (Phi) is 4.54. The van der Waals surface area contributed by atoms with Gasteiger partial charge in [0.25, 0.3) is 0 Å². The Balaban J connectivity index is 2.06. The molecular weight excluding hydrogens is 282 g/mol. The summed E-state index contributed by atoms with van der Waals surface area (Å²) in [4.78, 5) is 32.1. The summed E-state index contributed by atoms with van der Waals surface area (Å²) in [6.45, 7) is 2.76. The zero-order chi connectivity index (χ0) is 14.5. The van der Waals surface area contributed by atoms with Crippen molar-refractivity contribution in [1.29, 1.82) is 0 Å². The molecule has 1 fully saturated rings. The summed E-state index contributed by atoms with van der Waals surface area (Å²) < 4.78 is 4.88. The van der Waals surface area contributed by atoms with E-state index in [9.17, 15) is 9.59 Å². The van der Waals surface area contributed by atoms with Crippen molar-refractivity contribution in [2.24, 2.45) is 11.0 Å². The summed E-state index contributed by atoms with van der Waals surface area (Å²) in [6, 6.07) is 0. The summed E-state index contributed by atoms with van der Waals surface area (Å²) in [5.74, 6) is -0.519. The normalized spacial score (nSPS) is 17.9. The maximum atomic E-state index is 11.9. The van der Waals surface area contributed by atoms with Gasteiger partial charge in [-0.2, -0.15) is 0 Å². The van der Waals surface area contributed by atoms with Gasteiger partial charge in [0.05, 0.1) is 12.8 Å². The molecule has 0 aromatic carbocycles. The first-order chi connectivity index (χ1) is 9.65. The second-order valence-corrected chi connectivity index (χ2v) is 5.22. The molecule has 106 valence electrons. The van der Waals surface area contributed by atoms with Crippen LogP contribution in [0.3, 0.4) is 0 Å². The van der Waals surface area contributed by atoms with Crippen LogP contribution in [-0.2, 0) is 9.53 Å². The van der Waals surface area contributed by atoms with Crippen LogP contribution in [0.2, 0.25) is 0 Å². The molecule has 2 rings (SSSR count). The van der Waals surface area contributed by atoms with Gasteiger partial charge in [-0.1, -0.05) is 16.5 Å². The van der Waals surface area contributed by atoms with Crippen LogP contribution in [0, 0.1) is 5.92 Å².